The molecule has 0 unspecified atom stereocenters. The highest BCUT2D eigenvalue weighted by molar-refractivity contribution is 7.80. The maximum atomic E-state index is 13.3. The highest BCUT2D eigenvalue weighted by Gasteiger charge is 2.35. The molecule has 32 heavy (non-hydrogen) atoms. The second-order valence-electron chi connectivity index (χ2n) is 8.47. The molecule has 0 saturated carbocycles. The summed E-state index contributed by atoms with van der Waals surface area (Å²) in [5.74, 6) is -0.310. The molecule has 4 rings (SSSR count). The van der Waals surface area contributed by atoms with Crippen LogP contribution in [0, 0.1) is 0 Å². The molecule has 1 N–H and O–H groups in total. The zero-order chi connectivity index (χ0) is 23.2. The van der Waals surface area contributed by atoms with Crippen molar-refractivity contribution in [1.82, 2.24) is 5.32 Å². The monoisotopic (exact) mass is 447 g/mol. The van der Waals surface area contributed by atoms with Gasteiger partial charge in [0.1, 0.15) is 11.3 Å². The van der Waals surface area contributed by atoms with E-state index in [9.17, 15) is 9.59 Å². The predicted octanol–water partition coefficient (Wildman–Crippen LogP) is 4.16. The van der Waals surface area contributed by atoms with Gasteiger partial charge in [-0.15, -0.1) is 0 Å². The van der Waals surface area contributed by atoms with Crippen molar-refractivity contribution in [2.75, 3.05) is 24.0 Å². The summed E-state index contributed by atoms with van der Waals surface area (Å²) in [6, 6.07) is 12.9. The molecular weight excluding hydrogens is 422 g/mol. The van der Waals surface area contributed by atoms with Gasteiger partial charge in [-0.3, -0.25) is 19.8 Å². The van der Waals surface area contributed by atoms with Crippen LogP contribution < -0.4 is 19.9 Å². The average Bonchev–Trinajstić information content (AvgIpc) is 2.75. The van der Waals surface area contributed by atoms with Gasteiger partial charge in [0, 0.05) is 18.3 Å². The first-order valence-electron chi connectivity index (χ1n) is 10.3. The van der Waals surface area contributed by atoms with E-state index in [-0.39, 0.29) is 16.2 Å². The molecule has 0 atom stereocenters. The molecule has 2 amide bonds. The lowest BCUT2D eigenvalue weighted by molar-refractivity contribution is -0.122. The van der Waals surface area contributed by atoms with Gasteiger partial charge in [-0.2, -0.15) is 0 Å². The molecule has 2 aromatic rings. The van der Waals surface area contributed by atoms with E-state index in [0.717, 1.165) is 22.4 Å². The van der Waals surface area contributed by atoms with Crippen molar-refractivity contribution < 1.29 is 14.3 Å². The van der Waals surface area contributed by atoms with Gasteiger partial charge in [0.2, 0.25) is 0 Å². The fourth-order valence-corrected chi connectivity index (χ4v) is 4.34. The first-order valence-corrected chi connectivity index (χ1v) is 10.7. The topological polar surface area (TPSA) is 61.9 Å². The van der Waals surface area contributed by atoms with Crippen LogP contribution in [0.1, 0.15) is 31.9 Å². The number of rotatable bonds is 3. The number of hydrogen-bond acceptors (Lipinski definition) is 5. The number of thiocarbonyl (C=S) groups is 1. The third-order valence-corrected chi connectivity index (χ3v) is 6.27. The summed E-state index contributed by atoms with van der Waals surface area (Å²) in [6.07, 6.45) is 3.83. The summed E-state index contributed by atoms with van der Waals surface area (Å²) >= 11 is 5.27. The van der Waals surface area contributed by atoms with Crippen LogP contribution in [0.4, 0.5) is 11.4 Å². The molecule has 0 aliphatic carbocycles. The minimum Gasteiger partial charge on any atom is -0.497 e. The van der Waals surface area contributed by atoms with Crippen molar-refractivity contribution in [2.45, 2.75) is 26.3 Å². The minimum absolute atomic E-state index is 0.0282. The van der Waals surface area contributed by atoms with Crippen LogP contribution >= 0.6 is 12.2 Å². The van der Waals surface area contributed by atoms with Crippen LogP contribution in [-0.4, -0.2) is 36.6 Å². The van der Waals surface area contributed by atoms with Crippen LogP contribution in [0.25, 0.3) is 11.6 Å². The summed E-state index contributed by atoms with van der Waals surface area (Å²) in [5.41, 5.74) is 4.60. The van der Waals surface area contributed by atoms with Crippen molar-refractivity contribution in [3.8, 4) is 5.75 Å². The van der Waals surface area contributed by atoms with E-state index >= 15 is 0 Å². The van der Waals surface area contributed by atoms with E-state index in [2.05, 4.69) is 44.1 Å². The Kier molecular flexibility index (Phi) is 5.38. The Morgan fingerprint density at radius 1 is 1.09 bits per heavy atom. The molecule has 6 nitrogen and oxygen atoms in total. The molecule has 2 aliphatic rings. The number of allylic oxidation sites excluding steroid dienone is 1. The number of carbonyl (C=O) groups is 2. The van der Waals surface area contributed by atoms with Crippen molar-refractivity contribution in [3.63, 3.8) is 0 Å². The molecule has 164 valence electrons. The van der Waals surface area contributed by atoms with Crippen molar-refractivity contribution in [2.24, 2.45) is 0 Å². The van der Waals surface area contributed by atoms with Crippen molar-refractivity contribution in [1.29, 1.82) is 0 Å². The molecule has 0 aromatic heterocycles. The van der Waals surface area contributed by atoms with Gasteiger partial charge >= 0.3 is 0 Å². The largest absolute Gasteiger partial charge is 0.497 e. The van der Waals surface area contributed by atoms with E-state index in [4.69, 9.17) is 17.0 Å². The summed E-state index contributed by atoms with van der Waals surface area (Å²) in [5, 5.41) is 2.68. The quantitative estimate of drug-likeness (QED) is 0.435. The molecule has 0 spiro atoms. The van der Waals surface area contributed by atoms with Crippen LogP contribution in [0.2, 0.25) is 0 Å². The van der Waals surface area contributed by atoms with E-state index in [1.54, 1.807) is 37.5 Å². The van der Waals surface area contributed by atoms with Crippen molar-refractivity contribution in [3.05, 3.63) is 65.2 Å². The van der Waals surface area contributed by atoms with Gasteiger partial charge in [-0.25, -0.2) is 0 Å². The molecule has 0 radical (unpaired) electrons. The maximum absolute atomic E-state index is 13.3. The van der Waals surface area contributed by atoms with Gasteiger partial charge in [-0.1, -0.05) is 12.1 Å². The highest BCUT2D eigenvalue weighted by atomic mass is 32.1. The van der Waals surface area contributed by atoms with Gasteiger partial charge < -0.3 is 9.64 Å². The predicted molar refractivity (Wildman–Crippen MR) is 132 cm³/mol. The Labute approximate surface area is 193 Å². The van der Waals surface area contributed by atoms with Crippen LogP contribution in [-0.2, 0) is 9.59 Å². The average molecular weight is 448 g/mol. The second kappa shape index (κ2) is 7.91. The second-order valence-corrected chi connectivity index (χ2v) is 8.86. The van der Waals surface area contributed by atoms with E-state index in [1.165, 1.54) is 4.90 Å². The zero-order valence-corrected chi connectivity index (χ0v) is 19.5. The molecular formula is C25H25N3O3S. The first-order chi connectivity index (χ1) is 15.1. The third-order valence-electron chi connectivity index (χ3n) is 5.98. The first kappa shape index (κ1) is 21.8. The Morgan fingerprint density at radius 2 is 1.78 bits per heavy atom. The van der Waals surface area contributed by atoms with E-state index in [0.29, 0.717) is 11.4 Å². The van der Waals surface area contributed by atoms with Gasteiger partial charge in [0.25, 0.3) is 11.8 Å². The SMILES string of the molecule is COc1ccc(N2C(=O)/C(=C\c3ccc4c(c3)C(C)=CC(C)(C)N4C)C(=O)NC2=S)cc1. The third kappa shape index (κ3) is 3.69. The number of nitrogens with one attached hydrogen (secondary N) is 1. The normalized spacial score (nSPS) is 19.0. The summed E-state index contributed by atoms with van der Waals surface area (Å²) < 4.78 is 5.18. The number of methoxy groups -OCH3 is 1. The van der Waals surface area contributed by atoms with Gasteiger partial charge in [-0.05, 0) is 86.6 Å². The van der Waals surface area contributed by atoms with Crippen molar-refractivity contribution >= 4 is 52.2 Å². The minimum atomic E-state index is -0.506. The summed E-state index contributed by atoms with van der Waals surface area (Å²) in [7, 11) is 3.63. The molecule has 2 aliphatic heterocycles. The Balaban J connectivity index is 1.72. The summed E-state index contributed by atoms with van der Waals surface area (Å²) in [4.78, 5) is 29.4. The number of carbonyl (C=O) groups excluding carboxylic acids is 2. The number of fused-ring (bicyclic) bond motifs is 1. The molecule has 7 heteroatoms. The van der Waals surface area contributed by atoms with Crippen LogP contribution in [0.3, 0.4) is 0 Å². The number of benzene rings is 2. The fraction of sp³-hybridized carbons (Fsp3) is 0.240. The van der Waals surface area contributed by atoms with Crippen LogP contribution in [0.15, 0.2) is 54.1 Å². The van der Waals surface area contributed by atoms with Gasteiger partial charge in [0.15, 0.2) is 5.11 Å². The molecule has 1 saturated heterocycles. The number of amides is 2. The van der Waals surface area contributed by atoms with E-state index < -0.39 is 11.8 Å². The number of hydrogen-bond donors (Lipinski definition) is 1. The van der Waals surface area contributed by atoms with Gasteiger partial charge in [0.05, 0.1) is 18.3 Å². The molecule has 0 bridgehead atoms. The molecule has 2 heterocycles. The standard InChI is InChI=1S/C25H25N3O3S/c1-15-14-25(2,3)27(4)21-11-6-16(12-19(15)21)13-20-22(29)26-24(32)28(23(20)30)17-7-9-18(31-5)10-8-17/h6-14H,1-5H3,(H,26,29,32)/b20-13-. The fourth-order valence-electron chi connectivity index (χ4n) is 4.06. The lowest BCUT2D eigenvalue weighted by Crippen LogP contribution is -2.54. The molecule has 2 aromatic carbocycles. The lowest BCUT2D eigenvalue weighted by Gasteiger charge is -2.40. The lowest BCUT2D eigenvalue weighted by atomic mass is 9.88. The van der Waals surface area contributed by atoms with E-state index in [1.807, 2.05) is 18.2 Å². The number of likely N-dealkylation sites (N-methyl/N-ethyl adjacent to an activating group) is 1. The Bertz CT molecular complexity index is 1200. The highest BCUT2D eigenvalue weighted by Crippen LogP contribution is 2.38. The Morgan fingerprint density at radius 3 is 2.44 bits per heavy atom. The number of anilines is 2. The number of nitrogens with zero attached hydrogens (tertiary/aromatic N) is 2. The smallest absolute Gasteiger partial charge is 0.270 e. The Hall–Kier alpha value is -3.45. The zero-order valence-electron chi connectivity index (χ0n) is 18.7. The molecule has 1 fully saturated rings. The summed E-state index contributed by atoms with van der Waals surface area (Å²) in [6.45, 7) is 6.40. The maximum Gasteiger partial charge on any atom is 0.270 e. The van der Waals surface area contributed by atoms with Crippen LogP contribution in [0.5, 0.6) is 5.75 Å². The number of ether oxygens (including phenoxy) is 1.